The molecule has 0 saturated carbocycles. The van der Waals surface area contributed by atoms with Gasteiger partial charge in [0.1, 0.15) is 17.4 Å². The van der Waals surface area contributed by atoms with Gasteiger partial charge in [-0.25, -0.2) is 9.37 Å². The molecule has 1 aliphatic heterocycles. The maximum Gasteiger partial charge on any atom is 0.151 e. The quantitative estimate of drug-likeness (QED) is 0.744. The Morgan fingerprint density at radius 2 is 2.16 bits per heavy atom. The molecular formula is C18H18FN5O. The molecule has 0 aliphatic carbocycles. The maximum absolute atomic E-state index is 14.1. The van der Waals surface area contributed by atoms with Gasteiger partial charge in [-0.05, 0) is 30.7 Å². The first-order chi connectivity index (χ1) is 12.3. The van der Waals surface area contributed by atoms with Crippen LogP contribution in [0.4, 0.5) is 10.1 Å². The molecule has 0 unspecified atom stereocenters. The van der Waals surface area contributed by atoms with E-state index in [0.29, 0.717) is 12.1 Å². The SMILES string of the molecule is Fc1cc(CNc2cnccc2O[C@@H]2CCNC2)cc2nccnc12. The van der Waals surface area contributed by atoms with Gasteiger partial charge in [0.2, 0.25) is 0 Å². The summed E-state index contributed by atoms with van der Waals surface area (Å²) in [6.07, 6.45) is 7.61. The van der Waals surface area contributed by atoms with E-state index in [1.807, 2.05) is 12.1 Å². The van der Waals surface area contributed by atoms with Crippen molar-refractivity contribution < 1.29 is 9.13 Å². The first-order valence-corrected chi connectivity index (χ1v) is 8.24. The molecule has 3 aromatic rings. The average Bonchev–Trinajstić information content (AvgIpc) is 3.14. The van der Waals surface area contributed by atoms with Gasteiger partial charge < -0.3 is 15.4 Å². The minimum Gasteiger partial charge on any atom is -0.487 e. The van der Waals surface area contributed by atoms with E-state index in [0.717, 1.165) is 36.5 Å². The fraction of sp³-hybridized carbons (Fsp3) is 0.278. The fourth-order valence-corrected chi connectivity index (χ4v) is 2.91. The summed E-state index contributed by atoms with van der Waals surface area (Å²) in [5, 5.41) is 6.55. The second-order valence-corrected chi connectivity index (χ2v) is 5.96. The molecule has 2 N–H and O–H groups in total. The third-order valence-corrected chi connectivity index (χ3v) is 4.16. The Kier molecular flexibility index (Phi) is 4.39. The third-order valence-electron chi connectivity index (χ3n) is 4.16. The van der Waals surface area contributed by atoms with E-state index in [9.17, 15) is 4.39 Å². The van der Waals surface area contributed by atoms with E-state index in [1.165, 1.54) is 12.3 Å². The van der Waals surface area contributed by atoms with Crippen LogP contribution < -0.4 is 15.4 Å². The molecule has 1 saturated heterocycles. The highest BCUT2D eigenvalue weighted by Crippen LogP contribution is 2.26. The van der Waals surface area contributed by atoms with Crippen molar-refractivity contribution in [2.75, 3.05) is 18.4 Å². The van der Waals surface area contributed by atoms with Crippen LogP contribution in [-0.4, -0.2) is 34.1 Å². The number of nitrogens with one attached hydrogen (secondary N) is 2. The Labute approximate surface area is 144 Å². The Morgan fingerprint density at radius 3 is 3.04 bits per heavy atom. The van der Waals surface area contributed by atoms with Crippen LogP contribution in [-0.2, 0) is 6.54 Å². The number of hydrogen-bond donors (Lipinski definition) is 2. The number of hydrogen-bond acceptors (Lipinski definition) is 6. The van der Waals surface area contributed by atoms with Crippen molar-refractivity contribution in [1.82, 2.24) is 20.3 Å². The first-order valence-electron chi connectivity index (χ1n) is 8.24. The van der Waals surface area contributed by atoms with Crippen LogP contribution >= 0.6 is 0 Å². The van der Waals surface area contributed by atoms with E-state index in [4.69, 9.17) is 4.74 Å². The van der Waals surface area contributed by atoms with Crippen LogP contribution in [0.15, 0.2) is 43.0 Å². The van der Waals surface area contributed by atoms with Gasteiger partial charge in [0.05, 0.1) is 17.4 Å². The predicted octanol–water partition coefficient (Wildman–Crippen LogP) is 2.52. The molecule has 3 heterocycles. The number of fused-ring (bicyclic) bond motifs is 1. The van der Waals surface area contributed by atoms with Crippen molar-refractivity contribution in [3.63, 3.8) is 0 Å². The van der Waals surface area contributed by atoms with Crippen molar-refractivity contribution in [3.05, 3.63) is 54.4 Å². The lowest BCUT2D eigenvalue weighted by Crippen LogP contribution is -2.20. The van der Waals surface area contributed by atoms with Gasteiger partial charge in [-0.3, -0.25) is 9.97 Å². The lowest BCUT2D eigenvalue weighted by atomic mass is 10.1. The summed E-state index contributed by atoms with van der Waals surface area (Å²) in [5.41, 5.74) is 2.39. The van der Waals surface area contributed by atoms with Crippen LogP contribution in [0.25, 0.3) is 11.0 Å². The number of rotatable bonds is 5. The smallest absolute Gasteiger partial charge is 0.151 e. The van der Waals surface area contributed by atoms with E-state index < -0.39 is 0 Å². The molecule has 25 heavy (non-hydrogen) atoms. The molecule has 1 aromatic carbocycles. The molecule has 2 aromatic heterocycles. The molecule has 1 fully saturated rings. The van der Waals surface area contributed by atoms with E-state index in [-0.39, 0.29) is 17.4 Å². The van der Waals surface area contributed by atoms with Crippen LogP contribution in [0, 0.1) is 5.82 Å². The molecule has 0 spiro atoms. The lowest BCUT2D eigenvalue weighted by molar-refractivity contribution is 0.224. The monoisotopic (exact) mass is 339 g/mol. The molecule has 1 aliphatic rings. The predicted molar refractivity (Wildman–Crippen MR) is 93.0 cm³/mol. The number of benzene rings is 1. The second kappa shape index (κ2) is 6.98. The number of aromatic nitrogens is 3. The minimum absolute atomic E-state index is 0.163. The van der Waals surface area contributed by atoms with Gasteiger partial charge in [0.25, 0.3) is 0 Å². The van der Waals surface area contributed by atoms with Gasteiger partial charge in [-0.1, -0.05) is 0 Å². The summed E-state index contributed by atoms with van der Waals surface area (Å²) in [5.74, 6) is 0.381. The van der Waals surface area contributed by atoms with E-state index in [2.05, 4.69) is 25.6 Å². The highest BCUT2D eigenvalue weighted by Gasteiger charge is 2.17. The van der Waals surface area contributed by atoms with E-state index in [1.54, 1.807) is 18.6 Å². The number of anilines is 1. The second-order valence-electron chi connectivity index (χ2n) is 5.96. The minimum atomic E-state index is -0.373. The van der Waals surface area contributed by atoms with Gasteiger partial charge in [0.15, 0.2) is 5.82 Å². The summed E-state index contributed by atoms with van der Waals surface area (Å²) in [6.45, 7) is 2.25. The van der Waals surface area contributed by atoms with Gasteiger partial charge in [-0.15, -0.1) is 0 Å². The number of ether oxygens (including phenoxy) is 1. The average molecular weight is 339 g/mol. The van der Waals surface area contributed by atoms with Gasteiger partial charge >= 0.3 is 0 Å². The zero-order valence-corrected chi connectivity index (χ0v) is 13.6. The lowest BCUT2D eigenvalue weighted by Gasteiger charge is -2.16. The maximum atomic E-state index is 14.1. The Bertz CT molecular complexity index is 882. The molecule has 4 rings (SSSR count). The van der Waals surface area contributed by atoms with Crippen LogP contribution in [0.1, 0.15) is 12.0 Å². The van der Waals surface area contributed by atoms with Crippen LogP contribution in [0.2, 0.25) is 0 Å². The molecule has 0 bridgehead atoms. The number of halogens is 1. The van der Waals surface area contributed by atoms with Crippen LogP contribution in [0.3, 0.4) is 0 Å². The van der Waals surface area contributed by atoms with Crippen molar-refractivity contribution in [1.29, 1.82) is 0 Å². The third kappa shape index (κ3) is 3.51. The zero-order chi connectivity index (χ0) is 17.1. The number of pyridine rings is 1. The van der Waals surface area contributed by atoms with Crippen molar-refractivity contribution >= 4 is 16.7 Å². The van der Waals surface area contributed by atoms with Gasteiger partial charge in [0, 0.05) is 37.7 Å². The summed E-state index contributed by atoms with van der Waals surface area (Å²) in [4.78, 5) is 12.3. The van der Waals surface area contributed by atoms with E-state index >= 15 is 0 Å². The molecular weight excluding hydrogens is 321 g/mol. The zero-order valence-electron chi connectivity index (χ0n) is 13.6. The van der Waals surface area contributed by atoms with Crippen molar-refractivity contribution in [3.8, 4) is 5.75 Å². The fourth-order valence-electron chi connectivity index (χ4n) is 2.91. The molecule has 6 nitrogen and oxygen atoms in total. The molecule has 0 radical (unpaired) electrons. The molecule has 128 valence electrons. The highest BCUT2D eigenvalue weighted by molar-refractivity contribution is 5.75. The highest BCUT2D eigenvalue weighted by atomic mass is 19.1. The normalized spacial score (nSPS) is 16.9. The topological polar surface area (TPSA) is 72.0 Å². The van der Waals surface area contributed by atoms with Crippen molar-refractivity contribution in [2.45, 2.75) is 19.1 Å². The Hall–Kier alpha value is -2.80. The molecule has 7 heteroatoms. The summed E-state index contributed by atoms with van der Waals surface area (Å²) in [7, 11) is 0. The van der Waals surface area contributed by atoms with Crippen LogP contribution in [0.5, 0.6) is 5.75 Å². The summed E-state index contributed by atoms with van der Waals surface area (Å²) >= 11 is 0. The largest absolute Gasteiger partial charge is 0.487 e. The Balaban J connectivity index is 1.51. The molecule has 0 amide bonds. The van der Waals surface area contributed by atoms with Gasteiger partial charge in [-0.2, -0.15) is 0 Å². The standard InChI is InChI=1S/C18H18FN5O/c19-14-7-12(8-15-18(14)23-6-5-22-15)9-24-16-11-21-4-2-17(16)25-13-1-3-20-10-13/h2,4-8,11,13,20,24H,1,3,9-10H2/t13-/m1/s1. The Morgan fingerprint density at radius 1 is 1.24 bits per heavy atom. The molecule has 1 atom stereocenters. The summed E-state index contributed by atoms with van der Waals surface area (Å²) < 4.78 is 20.2. The summed E-state index contributed by atoms with van der Waals surface area (Å²) in [6, 6.07) is 5.14. The first kappa shape index (κ1) is 15.7. The number of nitrogens with zero attached hydrogens (tertiary/aromatic N) is 3. The van der Waals surface area contributed by atoms with Crippen molar-refractivity contribution in [2.24, 2.45) is 0 Å².